The standard InChI is InChI=1S/C17H22N4O4/c22-15(18-12-3-4-12)10-5-11(17(24)25)8-21(7-10)16(23)14-6-13(19-20-14)9-1-2-9/h6,9-12H,1-5,7-8H2,(H,18,22)(H,19,20)(H,24,25)/t10-,11-/m1/s1. The SMILES string of the molecule is O=C(O)[C@@H]1C[C@@H](C(=O)NC2CC2)CN(C(=O)c2cc(C3CC3)[nH]n2)C1. The third kappa shape index (κ3) is 3.52. The molecule has 0 radical (unpaired) electrons. The molecule has 25 heavy (non-hydrogen) atoms. The molecule has 0 unspecified atom stereocenters. The number of aromatic amines is 1. The monoisotopic (exact) mass is 346 g/mol. The predicted molar refractivity (Wildman–Crippen MR) is 86.9 cm³/mol. The van der Waals surface area contributed by atoms with Crippen molar-refractivity contribution in [1.29, 1.82) is 0 Å². The second kappa shape index (κ2) is 6.16. The molecule has 0 spiro atoms. The first kappa shape index (κ1) is 16.1. The Bertz CT molecular complexity index is 707. The minimum absolute atomic E-state index is 0.118. The molecule has 2 atom stereocenters. The molecule has 3 fully saturated rings. The van der Waals surface area contributed by atoms with Crippen LogP contribution in [0.25, 0.3) is 0 Å². The van der Waals surface area contributed by atoms with Gasteiger partial charge in [-0.1, -0.05) is 0 Å². The van der Waals surface area contributed by atoms with Crippen LogP contribution >= 0.6 is 0 Å². The van der Waals surface area contributed by atoms with Crippen LogP contribution in [0.5, 0.6) is 0 Å². The molecule has 1 aromatic rings. The Labute approximate surface area is 145 Å². The molecule has 2 amide bonds. The van der Waals surface area contributed by atoms with Crippen LogP contribution in [0.3, 0.4) is 0 Å². The van der Waals surface area contributed by atoms with E-state index in [4.69, 9.17) is 0 Å². The van der Waals surface area contributed by atoms with Gasteiger partial charge >= 0.3 is 5.97 Å². The van der Waals surface area contributed by atoms with Gasteiger partial charge < -0.3 is 15.3 Å². The van der Waals surface area contributed by atoms with Gasteiger partial charge in [0.15, 0.2) is 0 Å². The fourth-order valence-corrected chi connectivity index (χ4v) is 3.39. The van der Waals surface area contributed by atoms with Crippen molar-refractivity contribution < 1.29 is 19.5 Å². The van der Waals surface area contributed by atoms with E-state index in [1.54, 1.807) is 6.07 Å². The highest BCUT2D eigenvalue weighted by Gasteiger charge is 2.39. The van der Waals surface area contributed by atoms with Crippen LogP contribution in [-0.2, 0) is 9.59 Å². The number of nitrogens with one attached hydrogen (secondary N) is 2. The number of carbonyl (C=O) groups is 3. The number of aliphatic carboxylic acids is 1. The number of carbonyl (C=O) groups excluding carboxylic acids is 2. The molecule has 2 aliphatic carbocycles. The van der Waals surface area contributed by atoms with Crippen LogP contribution < -0.4 is 5.32 Å². The fraction of sp³-hybridized carbons (Fsp3) is 0.647. The van der Waals surface area contributed by atoms with Crippen LogP contribution in [0.15, 0.2) is 6.07 Å². The molecule has 4 rings (SSSR count). The maximum absolute atomic E-state index is 12.7. The molecule has 2 saturated carbocycles. The van der Waals surface area contributed by atoms with Crippen LogP contribution in [-0.4, -0.2) is 57.1 Å². The molecule has 8 nitrogen and oxygen atoms in total. The van der Waals surface area contributed by atoms with Crippen LogP contribution in [0, 0.1) is 11.8 Å². The molecule has 1 aromatic heterocycles. The van der Waals surface area contributed by atoms with Crippen molar-refractivity contribution >= 4 is 17.8 Å². The maximum atomic E-state index is 12.7. The summed E-state index contributed by atoms with van der Waals surface area (Å²) in [5, 5.41) is 19.3. The highest BCUT2D eigenvalue weighted by molar-refractivity contribution is 5.93. The van der Waals surface area contributed by atoms with E-state index >= 15 is 0 Å². The summed E-state index contributed by atoms with van der Waals surface area (Å²) >= 11 is 0. The van der Waals surface area contributed by atoms with Crippen LogP contribution in [0.2, 0.25) is 0 Å². The number of likely N-dealkylation sites (tertiary alicyclic amines) is 1. The van der Waals surface area contributed by atoms with E-state index in [0.29, 0.717) is 11.6 Å². The predicted octanol–water partition coefficient (Wildman–Crippen LogP) is 0.729. The van der Waals surface area contributed by atoms with E-state index in [2.05, 4.69) is 15.5 Å². The summed E-state index contributed by atoms with van der Waals surface area (Å²) in [5.41, 5.74) is 1.26. The topological polar surface area (TPSA) is 115 Å². The first-order valence-corrected chi connectivity index (χ1v) is 8.89. The molecule has 1 aliphatic heterocycles. The first-order valence-electron chi connectivity index (χ1n) is 8.89. The third-order valence-corrected chi connectivity index (χ3v) is 5.22. The zero-order valence-corrected chi connectivity index (χ0v) is 13.9. The van der Waals surface area contributed by atoms with Gasteiger partial charge in [0.2, 0.25) is 5.91 Å². The number of aromatic nitrogens is 2. The minimum atomic E-state index is -0.970. The number of nitrogens with zero attached hydrogens (tertiary/aromatic N) is 2. The van der Waals surface area contributed by atoms with Gasteiger partial charge in [0.1, 0.15) is 5.69 Å². The van der Waals surface area contributed by atoms with Gasteiger partial charge in [-0.05, 0) is 38.2 Å². The molecule has 0 bridgehead atoms. The zero-order valence-electron chi connectivity index (χ0n) is 13.9. The summed E-state index contributed by atoms with van der Waals surface area (Å²) in [6.07, 6.45) is 4.42. The lowest BCUT2D eigenvalue weighted by Gasteiger charge is -2.35. The number of hydrogen-bond donors (Lipinski definition) is 3. The average molecular weight is 346 g/mol. The second-order valence-electron chi connectivity index (χ2n) is 7.44. The molecule has 8 heteroatoms. The zero-order chi connectivity index (χ0) is 17.6. The number of amides is 2. The lowest BCUT2D eigenvalue weighted by Crippen LogP contribution is -2.50. The maximum Gasteiger partial charge on any atom is 0.308 e. The summed E-state index contributed by atoms with van der Waals surface area (Å²) in [6.45, 7) is 0.361. The van der Waals surface area contributed by atoms with Gasteiger partial charge in [0, 0.05) is 30.7 Å². The number of H-pyrrole nitrogens is 1. The lowest BCUT2D eigenvalue weighted by atomic mass is 9.88. The number of piperidine rings is 1. The molecule has 134 valence electrons. The Hall–Kier alpha value is -2.38. The third-order valence-electron chi connectivity index (χ3n) is 5.22. The molecule has 3 N–H and O–H groups in total. The van der Waals surface area contributed by atoms with Gasteiger partial charge in [-0.2, -0.15) is 5.10 Å². The summed E-state index contributed by atoms with van der Waals surface area (Å²) in [4.78, 5) is 38.0. The summed E-state index contributed by atoms with van der Waals surface area (Å²) < 4.78 is 0. The van der Waals surface area contributed by atoms with Crippen LogP contribution in [0.1, 0.15) is 54.2 Å². The van der Waals surface area contributed by atoms with Crippen molar-refractivity contribution in [2.24, 2.45) is 11.8 Å². The van der Waals surface area contributed by atoms with Gasteiger partial charge in [0.05, 0.1) is 11.8 Å². The molecule has 0 aromatic carbocycles. The normalized spacial score (nSPS) is 26.3. The lowest BCUT2D eigenvalue weighted by molar-refractivity contribution is -0.144. The van der Waals surface area contributed by atoms with Crippen molar-refractivity contribution in [3.05, 3.63) is 17.5 Å². The summed E-state index contributed by atoms with van der Waals surface area (Å²) in [6, 6.07) is 1.97. The molecular weight excluding hydrogens is 324 g/mol. The Kier molecular flexibility index (Phi) is 3.97. The van der Waals surface area contributed by atoms with Crippen molar-refractivity contribution in [3.8, 4) is 0 Å². The van der Waals surface area contributed by atoms with Crippen LogP contribution in [0.4, 0.5) is 0 Å². The van der Waals surface area contributed by atoms with Crippen molar-refractivity contribution in [1.82, 2.24) is 20.4 Å². The molecule has 3 aliphatic rings. The fourth-order valence-electron chi connectivity index (χ4n) is 3.39. The first-order chi connectivity index (χ1) is 12.0. The largest absolute Gasteiger partial charge is 0.481 e. The minimum Gasteiger partial charge on any atom is -0.481 e. The Morgan fingerprint density at radius 1 is 1.16 bits per heavy atom. The van der Waals surface area contributed by atoms with E-state index in [1.807, 2.05) is 0 Å². The van der Waals surface area contributed by atoms with Gasteiger partial charge in [-0.15, -0.1) is 0 Å². The van der Waals surface area contributed by atoms with E-state index in [9.17, 15) is 19.5 Å². The molecule has 2 heterocycles. The number of carboxylic acids is 1. The second-order valence-corrected chi connectivity index (χ2v) is 7.44. The Morgan fingerprint density at radius 3 is 2.52 bits per heavy atom. The Balaban J connectivity index is 1.48. The van der Waals surface area contributed by atoms with E-state index < -0.39 is 17.8 Å². The highest BCUT2D eigenvalue weighted by Crippen LogP contribution is 2.39. The highest BCUT2D eigenvalue weighted by atomic mass is 16.4. The van der Waals surface area contributed by atoms with E-state index in [0.717, 1.165) is 31.4 Å². The molecule has 1 saturated heterocycles. The van der Waals surface area contributed by atoms with Gasteiger partial charge in [-0.3, -0.25) is 19.5 Å². The van der Waals surface area contributed by atoms with E-state index in [1.165, 1.54) is 4.90 Å². The van der Waals surface area contributed by atoms with Crippen molar-refractivity contribution in [2.45, 2.75) is 44.1 Å². The number of carboxylic acid groups (broad SMARTS) is 1. The Morgan fingerprint density at radius 2 is 1.88 bits per heavy atom. The van der Waals surface area contributed by atoms with Crippen molar-refractivity contribution in [2.75, 3.05) is 13.1 Å². The van der Waals surface area contributed by atoms with Crippen molar-refractivity contribution in [3.63, 3.8) is 0 Å². The number of hydrogen-bond acceptors (Lipinski definition) is 4. The number of rotatable bonds is 5. The van der Waals surface area contributed by atoms with Gasteiger partial charge in [0.25, 0.3) is 5.91 Å². The quantitative estimate of drug-likeness (QED) is 0.727. The smallest absolute Gasteiger partial charge is 0.308 e. The summed E-state index contributed by atoms with van der Waals surface area (Å²) in [7, 11) is 0. The van der Waals surface area contributed by atoms with Gasteiger partial charge in [-0.25, -0.2) is 0 Å². The molecular formula is C17H22N4O4. The average Bonchev–Trinajstić information content (AvgIpc) is 3.54. The summed E-state index contributed by atoms with van der Waals surface area (Å²) in [5.74, 6) is -2.18. The van der Waals surface area contributed by atoms with E-state index in [-0.39, 0.29) is 37.4 Å².